The van der Waals surface area contributed by atoms with Crippen LogP contribution < -0.4 is 15.4 Å². The lowest BCUT2D eigenvalue weighted by Crippen LogP contribution is -2.18. The zero-order valence-corrected chi connectivity index (χ0v) is 19.2. The van der Waals surface area contributed by atoms with Gasteiger partial charge in [0.25, 0.3) is 17.5 Å². The summed E-state index contributed by atoms with van der Waals surface area (Å²) >= 11 is 1.35. The Bertz CT molecular complexity index is 1240. The topological polar surface area (TPSA) is 111 Å². The van der Waals surface area contributed by atoms with Crippen LogP contribution in [0.5, 0.6) is 5.75 Å². The van der Waals surface area contributed by atoms with Crippen molar-refractivity contribution in [1.29, 1.82) is 0 Å². The molecular weight excluding hydrogens is 480 g/mol. The van der Waals surface area contributed by atoms with Gasteiger partial charge in [-0.25, -0.2) is 0 Å². The van der Waals surface area contributed by atoms with E-state index in [1.165, 1.54) is 59.9 Å². The molecule has 0 saturated heterocycles. The number of nitrogens with one attached hydrogen (secondary N) is 2. The maximum Gasteiger partial charge on any atom is 0.387 e. The number of benzene rings is 2. The SMILES string of the molecule is O=C(Nc1sc2c(c1C(=O)Nc1ccc(OC(F)F)cc1)CCCCC2)c1ccc([N+](=O)[O-])cc1. The number of anilines is 2. The number of hydrogen-bond acceptors (Lipinski definition) is 6. The molecule has 1 aliphatic carbocycles. The van der Waals surface area contributed by atoms with Crippen molar-refractivity contribution in [1.82, 2.24) is 0 Å². The average molecular weight is 502 g/mol. The monoisotopic (exact) mass is 501 g/mol. The van der Waals surface area contributed by atoms with Crippen LogP contribution >= 0.6 is 11.3 Å². The normalized spacial score (nSPS) is 13.0. The number of nitro benzene ring substituents is 1. The lowest BCUT2D eigenvalue weighted by molar-refractivity contribution is -0.384. The molecule has 0 atom stereocenters. The highest BCUT2D eigenvalue weighted by atomic mass is 32.1. The Morgan fingerprint density at radius 3 is 2.29 bits per heavy atom. The van der Waals surface area contributed by atoms with Gasteiger partial charge in [0.15, 0.2) is 0 Å². The third-order valence-electron chi connectivity index (χ3n) is 5.55. The van der Waals surface area contributed by atoms with E-state index in [0.29, 0.717) is 22.7 Å². The molecule has 0 unspecified atom stereocenters. The zero-order chi connectivity index (χ0) is 24.9. The van der Waals surface area contributed by atoms with Gasteiger partial charge in [-0.2, -0.15) is 8.78 Å². The van der Waals surface area contributed by atoms with E-state index in [0.717, 1.165) is 36.1 Å². The number of carbonyl (C=O) groups is 2. The molecule has 1 aromatic heterocycles. The van der Waals surface area contributed by atoms with Crippen LogP contribution in [0.25, 0.3) is 0 Å². The van der Waals surface area contributed by atoms with Crippen LogP contribution in [0.2, 0.25) is 0 Å². The molecule has 1 aliphatic rings. The van der Waals surface area contributed by atoms with Gasteiger partial charge in [-0.3, -0.25) is 19.7 Å². The van der Waals surface area contributed by atoms with E-state index in [1.807, 2.05) is 0 Å². The van der Waals surface area contributed by atoms with E-state index in [4.69, 9.17) is 0 Å². The molecule has 0 aliphatic heterocycles. The summed E-state index contributed by atoms with van der Waals surface area (Å²) in [5, 5.41) is 16.8. The first kappa shape index (κ1) is 24.3. The molecule has 0 radical (unpaired) electrons. The van der Waals surface area contributed by atoms with Crippen LogP contribution in [0.4, 0.5) is 25.2 Å². The number of rotatable bonds is 7. The van der Waals surface area contributed by atoms with E-state index in [-0.39, 0.29) is 17.0 Å². The molecule has 11 heteroatoms. The Hall–Kier alpha value is -3.86. The van der Waals surface area contributed by atoms with Gasteiger partial charge < -0.3 is 15.4 Å². The molecule has 8 nitrogen and oxygen atoms in total. The second-order valence-corrected chi connectivity index (χ2v) is 8.99. The van der Waals surface area contributed by atoms with E-state index < -0.39 is 23.3 Å². The van der Waals surface area contributed by atoms with Crippen molar-refractivity contribution in [3.8, 4) is 5.75 Å². The summed E-state index contributed by atoms with van der Waals surface area (Å²) in [6.07, 6.45) is 4.43. The molecule has 35 heavy (non-hydrogen) atoms. The minimum Gasteiger partial charge on any atom is -0.435 e. The number of hydrogen-bond donors (Lipinski definition) is 2. The number of nitro groups is 1. The van der Waals surface area contributed by atoms with Crippen LogP contribution in [-0.2, 0) is 12.8 Å². The number of alkyl halides is 2. The lowest BCUT2D eigenvalue weighted by Gasteiger charge is -2.11. The van der Waals surface area contributed by atoms with Gasteiger partial charge in [-0.1, -0.05) is 6.42 Å². The van der Waals surface area contributed by atoms with Crippen molar-refractivity contribution in [2.24, 2.45) is 0 Å². The predicted octanol–water partition coefficient (Wildman–Crippen LogP) is 6.03. The number of non-ortho nitro benzene ring substituents is 1. The van der Waals surface area contributed by atoms with Gasteiger partial charge in [0.05, 0.1) is 10.5 Å². The van der Waals surface area contributed by atoms with Gasteiger partial charge >= 0.3 is 6.61 Å². The van der Waals surface area contributed by atoms with Crippen LogP contribution in [0.1, 0.15) is 50.4 Å². The van der Waals surface area contributed by atoms with Crippen molar-refractivity contribution >= 4 is 39.5 Å². The molecule has 0 spiro atoms. The van der Waals surface area contributed by atoms with E-state index in [9.17, 15) is 28.5 Å². The Kier molecular flexibility index (Phi) is 7.35. The highest BCUT2D eigenvalue weighted by molar-refractivity contribution is 7.17. The number of carbonyl (C=O) groups excluding carboxylic acids is 2. The van der Waals surface area contributed by atoms with Crippen LogP contribution in [0, 0.1) is 10.1 Å². The Labute approximate surface area is 203 Å². The highest BCUT2D eigenvalue weighted by Gasteiger charge is 2.26. The fourth-order valence-electron chi connectivity index (χ4n) is 3.89. The summed E-state index contributed by atoms with van der Waals surface area (Å²) in [6, 6.07) is 10.8. The Morgan fingerprint density at radius 2 is 1.63 bits per heavy atom. The first-order chi connectivity index (χ1) is 16.8. The first-order valence-corrected chi connectivity index (χ1v) is 11.7. The number of aryl methyl sites for hydroxylation is 1. The largest absolute Gasteiger partial charge is 0.435 e. The molecule has 2 amide bonds. The smallest absolute Gasteiger partial charge is 0.387 e. The van der Waals surface area contributed by atoms with Gasteiger partial charge in [-0.15, -0.1) is 11.3 Å². The van der Waals surface area contributed by atoms with Gasteiger partial charge in [-0.05, 0) is 67.6 Å². The molecular formula is C24H21F2N3O5S. The number of nitrogens with zero attached hydrogens (tertiary/aromatic N) is 1. The second kappa shape index (κ2) is 10.6. The van der Waals surface area contributed by atoms with E-state index in [2.05, 4.69) is 15.4 Å². The summed E-state index contributed by atoms with van der Waals surface area (Å²) in [7, 11) is 0. The summed E-state index contributed by atoms with van der Waals surface area (Å²) in [5.41, 5.74) is 1.74. The summed E-state index contributed by atoms with van der Waals surface area (Å²) in [4.78, 5) is 37.5. The average Bonchev–Trinajstić information content (AvgIpc) is 3.00. The van der Waals surface area contributed by atoms with Crippen molar-refractivity contribution in [3.05, 3.63) is 80.2 Å². The Morgan fingerprint density at radius 1 is 0.943 bits per heavy atom. The highest BCUT2D eigenvalue weighted by Crippen LogP contribution is 2.38. The van der Waals surface area contributed by atoms with E-state index in [1.54, 1.807) is 0 Å². The van der Waals surface area contributed by atoms with Crippen molar-refractivity contribution in [3.63, 3.8) is 0 Å². The predicted molar refractivity (Wildman–Crippen MR) is 128 cm³/mol. The fraction of sp³-hybridized carbons (Fsp3) is 0.250. The van der Waals surface area contributed by atoms with Gasteiger partial charge in [0, 0.05) is 28.3 Å². The molecule has 182 valence electrons. The van der Waals surface area contributed by atoms with Crippen LogP contribution in [-0.4, -0.2) is 23.3 Å². The third-order valence-corrected chi connectivity index (χ3v) is 6.76. The van der Waals surface area contributed by atoms with E-state index >= 15 is 0 Å². The number of amides is 2. The molecule has 2 N–H and O–H groups in total. The maximum absolute atomic E-state index is 13.3. The third kappa shape index (κ3) is 5.80. The maximum atomic E-state index is 13.3. The molecule has 0 fully saturated rings. The second-order valence-electron chi connectivity index (χ2n) is 7.88. The molecule has 2 aromatic carbocycles. The van der Waals surface area contributed by atoms with Gasteiger partial charge in [0.2, 0.25) is 0 Å². The summed E-state index contributed by atoms with van der Waals surface area (Å²) < 4.78 is 29.1. The minimum atomic E-state index is -2.95. The first-order valence-electron chi connectivity index (χ1n) is 10.9. The Balaban J connectivity index is 1.59. The van der Waals surface area contributed by atoms with Crippen LogP contribution in [0.3, 0.4) is 0 Å². The molecule has 4 rings (SSSR count). The molecule has 3 aromatic rings. The number of thiophene rings is 1. The van der Waals surface area contributed by atoms with Crippen LogP contribution in [0.15, 0.2) is 48.5 Å². The van der Waals surface area contributed by atoms with Gasteiger partial charge in [0.1, 0.15) is 10.8 Å². The molecule has 0 saturated carbocycles. The fourth-order valence-corrected chi connectivity index (χ4v) is 5.18. The lowest BCUT2D eigenvalue weighted by atomic mass is 10.0. The number of ether oxygens (including phenoxy) is 1. The standard InChI is InChI=1S/C24H21F2N3O5S/c25-24(26)34-17-12-8-15(9-13-17)27-22(31)20-18-4-2-1-3-5-19(18)35-23(20)28-21(30)14-6-10-16(11-7-14)29(32)33/h6-13,24H,1-5H2,(H,27,31)(H,28,30). The van der Waals surface area contributed by atoms with Crippen molar-refractivity contribution in [2.75, 3.05) is 10.6 Å². The number of fused-ring (bicyclic) bond motifs is 1. The molecule has 1 heterocycles. The molecule has 0 bridgehead atoms. The summed E-state index contributed by atoms with van der Waals surface area (Å²) in [5.74, 6) is -0.941. The minimum absolute atomic E-state index is 0.0292. The number of halogens is 2. The quantitative estimate of drug-likeness (QED) is 0.233. The van der Waals surface area contributed by atoms with Crippen molar-refractivity contribution < 1.29 is 28.0 Å². The van der Waals surface area contributed by atoms with Crippen molar-refractivity contribution in [2.45, 2.75) is 38.7 Å². The summed E-state index contributed by atoms with van der Waals surface area (Å²) in [6.45, 7) is -2.95. The zero-order valence-electron chi connectivity index (χ0n) is 18.4.